The van der Waals surface area contributed by atoms with Gasteiger partial charge >= 0.3 is 5.97 Å². The zero-order valence-electron chi connectivity index (χ0n) is 18.9. The van der Waals surface area contributed by atoms with Crippen molar-refractivity contribution in [3.63, 3.8) is 0 Å². The molecule has 2 heterocycles. The standard InChI is InChI=1S/C26H23NO9/c28-21-22-20(15-32-25(36-22)17-9-5-2-6-10-17)34-26(33-19-13-11-18(12-14-19)27(30)31)23(21)35-24(29)16-7-3-1-4-8-16/h1-14,20-23,25-26,28H,15H2/t20?,21-,22+,23?,25?,26+/m1/s1. The molecule has 2 aliphatic heterocycles. The summed E-state index contributed by atoms with van der Waals surface area (Å²) >= 11 is 0. The maximum absolute atomic E-state index is 12.8. The fraction of sp³-hybridized carbons (Fsp3) is 0.269. The molecule has 1 N–H and O–H groups in total. The molecule has 2 saturated heterocycles. The molecule has 6 atom stereocenters. The van der Waals surface area contributed by atoms with Crippen LogP contribution >= 0.6 is 0 Å². The van der Waals surface area contributed by atoms with E-state index in [0.29, 0.717) is 0 Å². The quantitative estimate of drug-likeness (QED) is 0.312. The van der Waals surface area contributed by atoms with Gasteiger partial charge in [-0.3, -0.25) is 10.1 Å². The van der Waals surface area contributed by atoms with Gasteiger partial charge in [-0.05, 0) is 24.3 Å². The van der Waals surface area contributed by atoms with E-state index in [4.69, 9.17) is 23.7 Å². The number of benzene rings is 3. The monoisotopic (exact) mass is 493 g/mol. The highest BCUT2D eigenvalue weighted by molar-refractivity contribution is 5.89. The van der Waals surface area contributed by atoms with Crippen LogP contribution in [0.1, 0.15) is 22.2 Å². The molecule has 0 spiro atoms. The average molecular weight is 493 g/mol. The third-order valence-corrected chi connectivity index (χ3v) is 5.93. The number of nitrogens with zero attached hydrogens (tertiary/aromatic N) is 1. The lowest BCUT2D eigenvalue weighted by molar-refractivity contribution is -0.384. The van der Waals surface area contributed by atoms with Gasteiger partial charge in [0.25, 0.3) is 5.69 Å². The first-order valence-corrected chi connectivity index (χ1v) is 11.3. The van der Waals surface area contributed by atoms with Crippen LogP contribution in [0.15, 0.2) is 84.9 Å². The molecular formula is C26H23NO9. The summed E-state index contributed by atoms with van der Waals surface area (Å²) in [6.45, 7) is 0.0980. The van der Waals surface area contributed by atoms with E-state index in [-0.39, 0.29) is 23.6 Å². The lowest BCUT2D eigenvalue weighted by Gasteiger charge is -2.47. The minimum atomic E-state index is -1.31. The van der Waals surface area contributed by atoms with E-state index in [2.05, 4.69) is 0 Å². The molecule has 0 radical (unpaired) electrons. The lowest BCUT2D eigenvalue weighted by Crippen LogP contribution is -2.64. The van der Waals surface area contributed by atoms with E-state index < -0.39 is 47.9 Å². The van der Waals surface area contributed by atoms with Crippen LogP contribution in [0.2, 0.25) is 0 Å². The Hall–Kier alpha value is -3.83. The van der Waals surface area contributed by atoms with Gasteiger partial charge in [-0.2, -0.15) is 0 Å². The van der Waals surface area contributed by atoms with Crippen LogP contribution in [-0.2, 0) is 18.9 Å². The number of nitro groups is 1. The molecule has 3 unspecified atom stereocenters. The molecule has 186 valence electrons. The molecule has 2 aliphatic rings. The van der Waals surface area contributed by atoms with Gasteiger partial charge in [-0.1, -0.05) is 48.5 Å². The van der Waals surface area contributed by atoms with Crippen molar-refractivity contribution < 1.29 is 38.5 Å². The Morgan fingerprint density at radius 3 is 2.28 bits per heavy atom. The highest BCUT2D eigenvalue weighted by Gasteiger charge is 2.52. The van der Waals surface area contributed by atoms with Gasteiger partial charge in [-0.25, -0.2) is 4.79 Å². The minimum Gasteiger partial charge on any atom is -0.461 e. The van der Waals surface area contributed by atoms with E-state index in [1.807, 2.05) is 30.3 Å². The predicted octanol–water partition coefficient (Wildman–Crippen LogP) is 3.40. The number of carbonyl (C=O) groups excluding carboxylic acids is 1. The average Bonchev–Trinajstić information content (AvgIpc) is 2.92. The summed E-state index contributed by atoms with van der Waals surface area (Å²) in [5, 5.41) is 22.2. The van der Waals surface area contributed by atoms with Crippen molar-refractivity contribution in [3.8, 4) is 5.75 Å². The summed E-state index contributed by atoms with van der Waals surface area (Å²) in [5.74, 6) is -0.442. The topological polar surface area (TPSA) is 127 Å². The van der Waals surface area contributed by atoms with Gasteiger partial charge in [0.1, 0.15) is 24.1 Å². The maximum Gasteiger partial charge on any atom is 0.338 e. The van der Waals surface area contributed by atoms with Crippen molar-refractivity contribution in [2.75, 3.05) is 6.61 Å². The minimum absolute atomic E-state index is 0.0980. The molecule has 0 amide bonds. The summed E-state index contributed by atoms with van der Waals surface area (Å²) in [5.41, 5.74) is 0.946. The predicted molar refractivity (Wildman–Crippen MR) is 124 cm³/mol. The SMILES string of the molecule is O=C(OC1[C@@H](Oc2ccc([N+](=O)[O-])cc2)OC2COC(c3ccccc3)O[C@@H]2[C@H]1O)c1ccccc1. The Bertz CT molecular complexity index is 1190. The fourth-order valence-corrected chi connectivity index (χ4v) is 4.11. The second-order valence-electron chi connectivity index (χ2n) is 8.31. The van der Waals surface area contributed by atoms with Crippen LogP contribution in [0.3, 0.4) is 0 Å². The molecular weight excluding hydrogens is 470 g/mol. The second-order valence-corrected chi connectivity index (χ2v) is 8.31. The Morgan fingerprint density at radius 1 is 0.944 bits per heavy atom. The van der Waals surface area contributed by atoms with Crippen molar-refractivity contribution in [3.05, 3.63) is 106 Å². The number of fused-ring (bicyclic) bond motifs is 1. The van der Waals surface area contributed by atoms with Crippen molar-refractivity contribution >= 4 is 11.7 Å². The molecule has 10 heteroatoms. The Labute approximate surface area is 206 Å². The number of aliphatic hydroxyl groups excluding tert-OH is 1. The normalized spacial score (nSPS) is 27.5. The Morgan fingerprint density at radius 2 is 1.61 bits per heavy atom. The van der Waals surface area contributed by atoms with Crippen LogP contribution in [-0.4, -0.2) is 53.3 Å². The molecule has 5 rings (SSSR count). The van der Waals surface area contributed by atoms with Gasteiger partial charge in [-0.15, -0.1) is 0 Å². The third kappa shape index (κ3) is 5.07. The van der Waals surface area contributed by atoms with Gasteiger partial charge < -0.3 is 28.8 Å². The highest BCUT2D eigenvalue weighted by atomic mass is 16.8. The van der Waals surface area contributed by atoms with Gasteiger partial charge in [0.2, 0.25) is 6.29 Å². The molecule has 10 nitrogen and oxygen atoms in total. The number of esters is 1. The van der Waals surface area contributed by atoms with Crippen molar-refractivity contribution in [1.29, 1.82) is 0 Å². The zero-order chi connectivity index (χ0) is 25.1. The molecule has 0 saturated carbocycles. The first kappa shape index (κ1) is 23.9. The number of rotatable bonds is 6. The molecule has 0 bridgehead atoms. The van der Waals surface area contributed by atoms with E-state index in [1.54, 1.807) is 30.3 Å². The number of hydrogen-bond donors (Lipinski definition) is 1. The molecule has 0 aliphatic carbocycles. The van der Waals surface area contributed by atoms with Crippen molar-refractivity contribution in [2.24, 2.45) is 0 Å². The fourth-order valence-electron chi connectivity index (χ4n) is 4.11. The van der Waals surface area contributed by atoms with Crippen molar-refractivity contribution in [1.82, 2.24) is 0 Å². The van der Waals surface area contributed by atoms with Crippen molar-refractivity contribution in [2.45, 2.75) is 37.0 Å². The number of non-ortho nitro benzene ring substituents is 1. The maximum atomic E-state index is 12.8. The second kappa shape index (κ2) is 10.4. The summed E-state index contributed by atoms with van der Waals surface area (Å²) in [6.07, 6.45) is -6.11. The van der Waals surface area contributed by atoms with Gasteiger partial charge in [0.15, 0.2) is 12.4 Å². The van der Waals surface area contributed by atoms with Gasteiger partial charge in [0.05, 0.1) is 17.1 Å². The number of ether oxygens (including phenoxy) is 5. The number of carbonyl (C=O) groups is 1. The number of hydrogen-bond acceptors (Lipinski definition) is 9. The van der Waals surface area contributed by atoms with Crippen LogP contribution < -0.4 is 4.74 Å². The number of nitro benzene ring substituents is 1. The van der Waals surface area contributed by atoms with E-state index >= 15 is 0 Å². The van der Waals surface area contributed by atoms with Gasteiger partial charge in [0, 0.05) is 17.7 Å². The molecule has 36 heavy (non-hydrogen) atoms. The van der Waals surface area contributed by atoms with E-state index in [9.17, 15) is 20.0 Å². The number of aliphatic hydroxyl groups is 1. The van der Waals surface area contributed by atoms with E-state index in [0.717, 1.165) is 5.56 Å². The largest absolute Gasteiger partial charge is 0.461 e. The zero-order valence-corrected chi connectivity index (χ0v) is 18.9. The summed E-state index contributed by atoms with van der Waals surface area (Å²) < 4.78 is 29.4. The molecule has 3 aromatic carbocycles. The smallest absolute Gasteiger partial charge is 0.338 e. The van der Waals surface area contributed by atoms with Crippen LogP contribution in [0, 0.1) is 10.1 Å². The lowest BCUT2D eigenvalue weighted by atomic mass is 9.97. The summed E-state index contributed by atoms with van der Waals surface area (Å²) in [7, 11) is 0. The Balaban J connectivity index is 1.38. The van der Waals surface area contributed by atoms with Crippen LogP contribution in [0.4, 0.5) is 5.69 Å². The summed E-state index contributed by atoms with van der Waals surface area (Å²) in [6, 6.07) is 22.9. The first-order valence-electron chi connectivity index (χ1n) is 11.3. The third-order valence-electron chi connectivity index (χ3n) is 5.93. The summed E-state index contributed by atoms with van der Waals surface area (Å²) in [4.78, 5) is 23.3. The molecule has 3 aromatic rings. The van der Waals surface area contributed by atoms with Crippen LogP contribution in [0.25, 0.3) is 0 Å². The highest BCUT2D eigenvalue weighted by Crippen LogP contribution is 2.36. The molecule has 0 aromatic heterocycles. The van der Waals surface area contributed by atoms with E-state index in [1.165, 1.54) is 24.3 Å². The Kier molecular flexibility index (Phi) is 6.92. The molecule has 2 fully saturated rings. The van der Waals surface area contributed by atoms with Crippen LogP contribution in [0.5, 0.6) is 5.75 Å². The first-order chi connectivity index (χ1) is 17.5.